The summed E-state index contributed by atoms with van der Waals surface area (Å²) in [6.07, 6.45) is -3.04. The molecule has 30 heavy (non-hydrogen) atoms. The molecule has 0 bridgehead atoms. The van der Waals surface area contributed by atoms with Gasteiger partial charge in [0.15, 0.2) is 24.0 Å². The molecule has 2 aromatic rings. The highest BCUT2D eigenvalue weighted by atomic mass is 35.5. The van der Waals surface area contributed by atoms with E-state index in [4.69, 9.17) is 30.5 Å². The Balaban J connectivity index is 1.50. The predicted molar refractivity (Wildman–Crippen MR) is 111 cm³/mol. The number of hydrogen-bond donors (Lipinski definition) is 1. The molecule has 4 rings (SSSR count). The first kappa shape index (κ1) is 21.3. The van der Waals surface area contributed by atoms with Gasteiger partial charge in [0.05, 0.1) is 6.61 Å². The Bertz CT molecular complexity index is 926. The highest BCUT2D eigenvalue weighted by Crippen LogP contribution is 2.38. The first-order valence-electron chi connectivity index (χ1n) is 10.0. The summed E-state index contributed by atoms with van der Waals surface area (Å²) in [5, 5.41) is 11.1. The van der Waals surface area contributed by atoms with Gasteiger partial charge in [0, 0.05) is 10.6 Å². The number of benzene rings is 2. The number of aliphatic hydroxyl groups excluding tert-OH is 1. The van der Waals surface area contributed by atoms with Crippen molar-refractivity contribution in [2.24, 2.45) is 0 Å². The monoisotopic (exact) mass is 432 g/mol. The molecular weight excluding hydrogens is 408 g/mol. The van der Waals surface area contributed by atoms with Gasteiger partial charge in [-0.15, -0.1) is 0 Å². The van der Waals surface area contributed by atoms with Gasteiger partial charge in [0.2, 0.25) is 0 Å². The second-order valence-electron chi connectivity index (χ2n) is 7.94. The third-order valence-corrected chi connectivity index (χ3v) is 5.60. The number of rotatable bonds is 6. The normalized spacial score (nSPS) is 27.1. The zero-order valence-corrected chi connectivity index (χ0v) is 17.9. The van der Waals surface area contributed by atoms with Gasteiger partial charge in [0.25, 0.3) is 0 Å². The van der Waals surface area contributed by atoms with Crippen LogP contribution in [0.2, 0.25) is 5.02 Å². The summed E-state index contributed by atoms with van der Waals surface area (Å²) in [7, 11) is 0. The van der Waals surface area contributed by atoms with Crippen LogP contribution in [-0.2, 0) is 20.6 Å². The fourth-order valence-electron chi connectivity index (χ4n) is 3.83. The van der Waals surface area contributed by atoms with E-state index in [0.29, 0.717) is 23.6 Å². The quantitative estimate of drug-likeness (QED) is 0.701. The number of carbonyl (C=O) groups is 1. The Morgan fingerprint density at radius 1 is 1.17 bits per heavy atom. The second kappa shape index (κ2) is 8.29. The van der Waals surface area contributed by atoms with Crippen LogP contribution in [0.3, 0.4) is 0 Å². The summed E-state index contributed by atoms with van der Waals surface area (Å²) in [6.45, 7) is 6.03. The van der Waals surface area contributed by atoms with Gasteiger partial charge in [-0.3, -0.25) is 4.79 Å². The van der Waals surface area contributed by atoms with Crippen LogP contribution in [0, 0.1) is 0 Å². The molecule has 0 aromatic heterocycles. The number of hydrogen-bond acceptors (Lipinski definition) is 6. The maximum absolute atomic E-state index is 13.0. The van der Waals surface area contributed by atoms with Crippen LogP contribution in [0.4, 0.5) is 0 Å². The van der Waals surface area contributed by atoms with E-state index in [0.717, 1.165) is 16.9 Å². The molecule has 2 saturated heterocycles. The summed E-state index contributed by atoms with van der Waals surface area (Å²) in [4.78, 5) is 13.0. The third-order valence-electron chi connectivity index (χ3n) is 5.23. The minimum atomic E-state index is -1.10. The van der Waals surface area contributed by atoms with Gasteiger partial charge < -0.3 is 24.1 Å². The van der Waals surface area contributed by atoms with E-state index >= 15 is 0 Å². The van der Waals surface area contributed by atoms with Gasteiger partial charge in [0.1, 0.15) is 18.0 Å². The van der Waals surface area contributed by atoms with Crippen LogP contribution in [0.25, 0.3) is 0 Å². The van der Waals surface area contributed by atoms with Gasteiger partial charge in [-0.2, -0.15) is 0 Å². The van der Waals surface area contributed by atoms with Crippen molar-refractivity contribution in [3.8, 4) is 5.75 Å². The lowest BCUT2D eigenvalue weighted by Gasteiger charge is -2.22. The molecule has 2 aromatic carbocycles. The maximum Gasteiger partial charge on any atom is 0.194 e. The van der Waals surface area contributed by atoms with Gasteiger partial charge in [-0.25, -0.2) is 0 Å². The molecule has 0 radical (unpaired) electrons. The second-order valence-corrected chi connectivity index (χ2v) is 8.35. The molecule has 0 spiro atoms. The van der Waals surface area contributed by atoms with Crippen molar-refractivity contribution in [1.82, 2.24) is 0 Å². The first-order chi connectivity index (χ1) is 14.3. The SMILES string of the molecule is CCOc1ccc(Cc2cc(C(=O)[C@@H]3O[C@@H]4OC(C)(C)O[C@H]4[C@@H]3O)ccc2Cl)cc1. The topological polar surface area (TPSA) is 74.2 Å². The first-order valence-corrected chi connectivity index (χ1v) is 10.4. The molecule has 7 heteroatoms. The number of Topliss-reactive ketones (excluding diaryl/α,β-unsaturated/α-hetero) is 1. The van der Waals surface area contributed by atoms with E-state index in [1.165, 1.54) is 0 Å². The molecular formula is C23H25ClO6. The van der Waals surface area contributed by atoms with Crippen molar-refractivity contribution in [3.05, 3.63) is 64.2 Å². The van der Waals surface area contributed by atoms with Crippen LogP contribution in [-0.4, -0.2) is 47.9 Å². The minimum absolute atomic E-state index is 0.327. The van der Waals surface area contributed by atoms with Crippen LogP contribution >= 0.6 is 11.6 Å². The van der Waals surface area contributed by atoms with E-state index in [1.807, 2.05) is 31.2 Å². The zero-order valence-electron chi connectivity index (χ0n) is 17.1. The van der Waals surface area contributed by atoms with Crippen molar-refractivity contribution >= 4 is 17.4 Å². The molecule has 2 aliphatic heterocycles. The van der Waals surface area contributed by atoms with Gasteiger partial charge in [-0.05, 0) is 68.7 Å². The molecule has 0 unspecified atom stereocenters. The predicted octanol–water partition coefficient (Wildman–Crippen LogP) is 3.75. The smallest absolute Gasteiger partial charge is 0.194 e. The molecule has 2 fully saturated rings. The van der Waals surface area contributed by atoms with Crippen LogP contribution in [0.1, 0.15) is 42.3 Å². The molecule has 2 aliphatic rings. The van der Waals surface area contributed by atoms with E-state index in [2.05, 4.69) is 0 Å². The number of ether oxygens (including phenoxy) is 4. The van der Waals surface area contributed by atoms with E-state index < -0.39 is 30.4 Å². The van der Waals surface area contributed by atoms with Crippen molar-refractivity contribution in [2.45, 2.75) is 57.6 Å². The van der Waals surface area contributed by atoms with Crippen molar-refractivity contribution < 1.29 is 28.8 Å². The maximum atomic E-state index is 13.0. The number of carbonyl (C=O) groups excluding carboxylic acids is 1. The number of ketones is 1. The van der Waals surface area contributed by atoms with Crippen molar-refractivity contribution in [3.63, 3.8) is 0 Å². The van der Waals surface area contributed by atoms with Crippen LogP contribution in [0.5, 0.6) is 5.75 Å². The fraction of sp³-hybridized carbons (Fsp3) is 0.435. The zero-order chi connectivity index (χ0) is 21.5. The molecule has 0 aliphatic carbocycles. The summed E-state index contributed by atoms with van der Waals surface area (Å²) >= 11 is 6.37. The molecule has 1 N–H and O–H groups in total. The number of halogens is 1. The van der Waals surface area contributed by atoms with Crippen LogP contribution < -0.4 is 4.74 Å². The summed E-state index contributed by atoms with van der Waals surface area (Å²) in [5.74, 6) is -0.372. The molecule has 6 nitrogen and oxygen atoms in total. The van der Waals surface area contributed by atoms with Crippen molar-refractivity contribution in [1.29, 1.82) is 0 Å². The average molecular weight is 433 g/mol. The Hall–Kier alpha value is -1.96. The van der Waals surface area contributed by atoms with E-state index in [-0.39, 0.29) is 5.78 Å². The summed E-state index contributed by atoms with van der Waals surface area (Å²) in [5.41, 5.74) is 2.28. The van der Waals surface area contributed by atoms with Gasteiger partial charge >= 0.3 is 0 Å². The molecule has 0 saturated carbocycles. The lowest BCUT2D eigenvalue weighted by atomic mass is 9.97. The average Bonchev–Trinajstić information content (AvgIpc) is 3.17. The molecule has 2 heterocycles. The van der Waals surface area contributed by atoms with Gasteiger partial charge in [-0.1, -0.05) is 23.7 Å². The van der Waals surface area contributed by atoms with Crippen molar-refractivity contribution in [2.75, 3.05) is 6.61 Å². The van der Waals surface area contributed by atoms with E-state index in [1.54, 1.807) is 32.0 Å². The Kier molecular flexibility index (Phi) is 5.88. The summed E-state index contributed by atoms with van der Waals surface area (Å²) < 4.78 is 22.4. The Labute approximate surface area is 180 Å². The lowest BCUT2D eigenvalue weighted by molar-refractivity contribution is -0.208. The fourth-order valence-corrected chi connectivity index (χ4v) is 4.01. The number of aliphatic hydroxyl groups is 1. The number of fused-ring (bicyclic) bond motifs is 1. The van der Waals surface area contributed by atoms with E-state index in [9.17, 15) is 9.90 Å². The molecule has 4 atom stereocenters. The molecule has 160 valence electrons. The standard InChI is InChI=1S/C23H25ClO6/c1-4-27-16-8-5-13(6-9-16)11-15-12-14(7-10-17(15)24)18(25)20-19(26)21-22(28-20)30-23(2,3)29-21/h5-10,12,19-22,26H,4,11H2,1-3H3/t19-,20+,21+,22-/m1/s1. The highest BCUT2D eigenvalue weighted by molar-refractivity contribution is 6.31. The Morgan fingerprint density at radius 3 is 2.57 bits per heavy atom. The third kappa shape index (κ3) is 4.24. The lowest BCUT2D eigenvalue weighted by Crippen LogP contribution is -2.38. The highest BCUT2D eigenvalue weighted by Gasteiger charge is 2.56. The van der Waals surface area contributed by atoms with Crippen LogP contribution in [0.15, 0.2) is 42.5 Å². The largest absolute Gasteiger partial charge is 0.494 e. The summed E-state index contributed by atoms with van der Waals surface area (Å²) in [6, 6.07) is 12.8. The minimum Gasteiger partial charge on any atom is -0.494 e. The molecule has 0 amide bonds. The Morgan fingerprint density at radius 2 is 1.90 bits per heavy atom.